The van der Waals surface area contributed by atoms with Gasteiger partial charge in [-0.05, 0) is 102 Å². The van der Waals surface area contributed by atoms with Crippen LogP contribution in [0.15, 0.2) is 243 Å². The predicted molar refractivity (Wildman–Crippen MR) is 276 cm³/mol. The molecule has 13 aromatic rings. The van der Waals surface area contributed by atoms with E-state index in [1.807, 2.05) is 0 Å². The van der Waals surface area contributed by atoms with Crippen molar-refractivity contribution in [2.24, 2.45) is 0 Å². The van der Waals surface area contributed by atoms with Gasteiger partial charge in [0.25, 0.3) is 0 Å². The zero-order chi connectivity index (χ0) is 42.8. The van der Waals surface area contributed by atoms with Crippen LogP contribution in [0, 0.1) is 0 Å². The van der Waals surface area contributed by atoms with Crippen LogP contribution in [0.1, 0.15) is 0 Å². The smallest absolute Gasteiger partial charge is 0.0794 e. The number of fused-ring (bicyclic) bond motifs is 8. The first kappa shape index (κ1) is 37.0. The molecule has 0 atom stereocenters. The second-order valence-corrected chi connectivity index (χ2v) is 17.0. The molecule has 0 saturated carbocycles. The van der Waals surface area contributed by atoms with Gasteiger partial charge in [-0.3, -0.25) is 0 Å². The molecule has 302 valence electrons. The van der Waals surface area contributed by atoms with E-state index < -0.39 is 0 Å². The topological polar surface area (TPSA) is 17.8 Å². The second kappa shape index (κ2) is 15.0. The molecule has 0 radical (unpaired) electrons. The van der Waals surface area contributed by atoms with Crippen molar-refractivity contribution in [3.8, 4) is 61.5 Å². The van der Waals surface area contributed by atoms with Crippen LogP contribution in [-0.4, -0.2) is 9.55 Å². The Balaban J connectivity index is 0.996. The fourth-order valence-corrected chi connectivity index (χ4v) is 10.4. The van der Waals surface area contributed by atoms with E-state index >= 15 is 0 Å². The molecule has 0 unspecified atom stereocenters. The van der Waals surface area contributed by atoms with Crippen molar-refractivity contribution < 1.29 is 0 Å². The van der Waals surface area contributed by atoms with Gasteiger partial charge in [0.15, 0.2) is 0 Å². The van der Waals surface area contributed by atoms with Gasteiger partial charge in [0.2, 0.25) is 0 Å². The third kappa shape index (κ3) is 5.99. The number of hydrogen-bond donors (Lipinski definition) is 0. The number of nitrogens with zero attached hydrogens (tertiary/aromatic N) is 2. The molecule has 0 aliphatic rings. The third-order valence-corrected chi connectivity index (χ3v) is 13.4. The number of rotatable bonds is 6. The molecule has 0 aliphatic carbocycles. The fourth-order valence-electron chi connectivity index (χ4n) is 10.4. The summed E-state index contributed by atoms with van der Waals surface area (Å²) in [6.45, 7) is 0. The van der Waals surface area contributed by atoms with Gasteiger partial charge in [0.1, 0.15) is 0 Å². The number of aromatic nitrogens is 2. The van der Waals surface area contributed by atoms with Gasteiger partial charge in [0.05, 0.1) is 22.2 Å². The Hall–Kier alpha value is -8.59. The maximum absolute atomic E-state index is 5.62. The Labute approximate surface area is 377 Å². The lowest BCUT2D eigenvalue weighted by atomic mass is 9.85. The van der Waals surface area contributed by atoms with Crippen molar-refractivity contribution in [2.75, 3.05) is 0 Å². The van der Waals surface area contributed by atoms with Crippen molar-refractivity contribution in [2.45, 2.75) is 0 Å². The van der Waals surface area contributed by atoms with Crippen molar-refractivity contribution in [3.63, 3.8) is 0 Å². The number of para-hydroxylation sites is 3. The van der Waals surface area contributed by atoms with Crippen LogP contribution in [0.2, 0.25) is 0 Å². The van der Waals surface area contributed by atoms with Crippen LogP contribution >= 0.6 is 0 Å². The highest BCUT2D eigenvalue weighted by atomic mass is 15.0. The molecule has 0 amide bonds. The number of pyridine rings is 1. The maximum atomic E-state index is 5.62. The normalized spacial score (nSPS) is 11.7. The van der Waals surface area contributed by atoms with Crippen LogP contribution in [0.25, 0.3) is 126 Å². The summed E-state index contributed by atoms with van der Waals surface area (Å²) >= 11 is 0. The molecule has 11 aromatic carbocycles. The van der Waals surface area contributed by atoms with Gasteiger partial charge in [0, 0.05) is 38.4 Å². The number of hydrogen-bond acceptors (Lipinski definition) is 1. The minimum atomic E-state index is 0.983. The van der Waals surface area contributed by atoms with Gasteiger partial charge < -0.3 is 4.57 Å². The predicted octanol–water partition coefficient (Wildman–Crippen LogP) is 17.1. The highest BCUT2D eigenvalue weighted by Crippen LogP contribution is 2.46. The number of benzene rings is 11. The molecule has 0 saturated heterocycles. The molecule has 0 N–H and O–H groups in total. The van der Waals surface area contributed by atoms with E-state index in [1.54, 1.807) is 0 Å². The molecule has 0 fully saturated rings. The van der Waals surface area contributed by atoms with E-state index in [9.17, 15) is 0 Å². The lowest BCUT2D eigenvalue weighted by Gasteiger charge is -2.19. The highest BCUT2D eigenvalue weighted by Gasteiger charge is 2.20. The summed E-state index contributed by atoms with van der Waals surface area (Å²) in [5, 5.41) is 11.0. The van der Waals surface area contributed by atoms with Crippen molar-refractivity contribution in [3.05, 3.63) is 243 Å². The standard InChI is InChI=1S/C63H40N2/c1-5-18-43(19-6-1)60-50-27-13-14-28-51(50)61(44-20-7-2-8-21-44)56-38-46(36-37-52(56)60)41-32-34-42(35-33-41)48-29-17-30-53-54-39-55-49-26-15-16-31-58(49)65(47-24-11-4-12-25-47)59(55)40-57(54)62(64-63(48)53)45-22-9-3-10-23-45/h1-40H. The van der Waals surface area contributed by atoms with Crippen LogP contribution in [-0.2, 0) is 0 Å². The van der Waals surface area contributed by atoms with E-state index in [1.165, 1.54) is 82.1 Å². The quantitative estimate of drug-likeness (QED) is 0.121. The summed E-state index contributed by atoms with van der Waals surface area (Å²) in [6, 6.07) is 88.2. The largest absolute Gasteiger partial charge is 0.309 e. The van der Waals surface area contributed by atoms with E-state index in [2.05, 4.69) is 247 Å². The Morgan fingerprint density at radius 1 is 0.262 bits per heavy atom. The summed E-state index contributed by atoms with van der Waals surface area (Å²) in [4.78, 5) is 5.62. The molecule has 2 nitrogen and oxygen atoms in total. The van der Waals surface area contributed by atoms with Gasteiger partial charge in [-0.15, -0.1) is 0 Å². The lowest BCUT2D eigenvalue weighted by molar-refractivity contribution is 1.18. The first-order valence-electron chi connectivity index (χ1n) is 22.4. The van der Waals surface area contributed by atoms with Crippen LogP contribution in [0.5, 0.6) is 0 Å². The minimum absolute atomic E-state index is 0.983. The van der Waals surface area contributed by atoms with E-state index in [-0.39, 0.29) is 0 Å². The SMILES string of the molecule is c1ccc(-c2c3ccccc3c(-c3ccccc3)c3cc(-c4ccc(-c5cccc6c5nc(-c5ccccc5)c5cc7c(cc56)c5ccccc5n7-c5ccccc5)cc4)ccc23)cc1. The Bertz CT molecular complexity index is 3950. The van der Waals surface area contributed by atoms with Crippen LogP contribution in [0.4, 0.5) is 0 Å². The van der Waals surface area contributed by atoms with Gasteiger partial charge in [-0.25, -0.2) is 4.98 Å². The molecule has 2 heterocycles. The Morgan fingerprint density at radius 3 is 1.46 bits per heavy atom. The third-order valence-electron chi connectivity index (χ3n) is 13.4. The average molecular weight is 825 g/mol. The zero-order valence-corrected chi connectivity index (χ0v) is 35.5. The van der Waals surface area contributed by atoms with Crippen LogP contribution < -0.4 is 0 Å². The molecule has 0 spiro atoms. The summed E-state index contributed by atoms with van der Waals surface area (Å²) in [5.74, 6) is 0. The summed E-state index contributed by atoms with van der Waals surface area (Å²) < 4.78 is 2.39. The lowest BCUT2D eigenvalue weighted by Crippen LogP contribution is -1.95. The molecule has 0 aliphatic heterocycles. The molecule has 2 aromatic heterocycles. The summed E-state index contributed by atoms with van der Waals surface area (Å²) in [6.07, 6.45) is 0. The monoisotopic (exact) mass is 824 g/mol. The first-order chi connectivity index (χ1) is 32.3. The second-order valence-electron chi connectivity index (χ2n) is 17.0. The summed E-state index contributed by atoms with van der Waals surface area (Å²) in [5.41, 5.74) is 16.2. The zero-order valence-electron chi connectivity index (χ0n) is 35.5. The van der Waals surface area contributed by atoms with Gasteiger partial charge in [-0.2, -0.15) is 0 Å². The molecule has 0 bridgehead atoms. The first-order valence-corrected chi connectivity index (χ1v) is 22.4. The average Bonchev–Trinajstić information content (AvgIpc) is 3.71. The van der Waals surface area contributed by atoms with E-state index in [4.69, 9.17) is 4.98 Å². The molecule has 65 heavy (non-hydrogen) atoms. The molecule has 13 rings (SSSR count). The van der Waals surface area contributed by atoms with E-state index in [0.717, 1.165) is 44.4 Å². The van der Waals surface area contributed by atoms with Gasteiger partial charge >= 0.3 is 0 Å². The molecule has 2 heteroatoms. The Kier molecular flexibility index (Phi) is 8.57. The fraction of sp³-hybridized carbons (Fsp3) is 0. The molecular formula is C63H40N2. The van der Waals surface area contributed by atoms with E-state index in [0.29, 0.717) is 0 Å². The summed E-state index contributed by atoms with van der Waals surface area (Å²) in [7, 11) is 0. The minimum Gasteiger partial charge on any atom is -0.309 e. The van der Waals surface area contributed by atoms with Crippen molar-refractivity contribution in [1.82, 2.24) is 9.55 Å². The highest BCUT2D eigenvalue weighted by molar-refractivity contribution is 6.23. The van der Waals surface area contributed by atoms with Crippen LogP contribution in [0.3, 0.4) is 0 Å². The molecular weight excluding hydrogens is 785 g/mol. The van der Waals surface area contributed by atoms with Crippen molar-refractivity contribution in [1.29, 1.82) is 0 Å². The maximum Gasteiger partial charge on any atom is 0.0794 e. The van der Waals surface area contributed by atoms with Gasteiger partial charge in [-0.1, -0.05) is 206 Å². The Morgan fingerprint density at radius 2 is 0.785 bits per heavy atom. The van der Waals surface area contributed by atoms with Crippen molar-refractivity contribution >= 4 is 65.0 Å².